The van der Waals surface area contributed by atoms with Crippen LogP contribution in [0, 0.1) is 5.92 Å². The Bertz CT molecular complexity index is 253. The van der Waals surface area contributed by atoms with E-state index >= 15 is 0 Å². The fourth-order valence-electron chi connectivity index (χ4n) is 3.39. The average Bonchev–Trinajstić information content (AvgIpc) is 2.71. The minimum Gasteiger partial charge on any atom is -0.378 e. The standard InChI is InChI=1S/C13H23NO2/c1-11-2-4-13(5-3-11)14-8-6-12(16-13)7-9-15-10-12/h11,14H,2-10H2,1H3. The van der Waals surface area contributed by atoms with Gasteiger partial charge in [0, 0.05) is 19.6 Å². The molecule has 0 radical (unpaired) electrons. The zero-order valence-electron chi connectivity index (χ0n) is 10.3. The summed E-state index contributed by atoms with van der Waals surface area (Å²) >= 11 is 0. The molecule has 1 N–H and O–H groups in total. The molecule has 0 aromatic rings. The third-order valence-corrected chi connectivity index (χ3v) is 4.59. The maximum atomic E-state index is 6.48. The normalized spacial score (nSPS) is 48.9. The van der Waals surface area contributed by atoms with Gasteiger partial charge in [-0.3, -0.25) is 5.32 Å². The van der Waals surface area contributed by atoms with Gasteiger partial charge in [0.25, 0.3) is 0 Å². The zero-order valence-corrected chi connectivity index (χ0v) is 10.3. The van der Waals surface area contributed by atoms with Crippen molar-refractivity contribution in [1.29, 1.82) is 0 Å². The molecule has 1 aliphatic carbocycles. The second-order valence-electron chi connectivity index (χ2n) is 5.94. The predicted octanol–water partition coefficient (Wildman–Crippen LogP) is 2.06. The molecule has 3 heteroatoms. The summed E-state index contributed by atoms with van der Waals surface area (Å²) < 4.78 is 12.0. The third-order valence-electron chi connectivity index (χ3n) is 4.59. The number of hydrogen-bond donors (Lipinski definition) is 1. The molecule has 1 atom stereocenters. The van der Waals surface area contributed by atoms with Crippen LogP contribution in [0.2, 0.25) is 0 Å². The van der Waals surface area contributed by atoms with Crippen molar-refractivity contribution in [3.63, 3.8) is 0 Å². The summed E-state index contributed by atoms with van der Waals surface area (Å²) in [5.41, 5.74) is 0.0320. The highest BCUT2D eigenvalue weighted by molar-refractivity contribution is 4.97. The topological polar surface area (TPSA) is 30.5 Å². The van der Waals surface area contributed by atoms with E-state index < -0.39 is 0 Å². The van der Waals surface area contributed by atoms with Crippen LogP contribution in [0.1, 0.15) is 45.4 Å². The van der Waals surface area contributed by atoms with E-state index in [9.17, 15) is 0 Å². The first-order valence-electron chi connectivity index (χ1n) is 6.75. The molecule has 3 aliphatic rings. The van der Waals surface area contributed by atoms with E-state index in [0.29, 0.717) is 0 Å². The summed E-state index contributed by atoms with van der Waals surface area (Å²) in [7, 11) is 0. The average molecular weight is 225 g/mol. The van der Waals surface area contributed by atoms with E-state index in [4.69, 9.17) is 9.47 Å². The number of ether oxygens (including phenoxy) is 2. The van der Waals surface area contributed by atoms with E-state index in [1.165, 1.54) is 25.7 Å². The van der Waals surface area contributed by atoms with Gasteiger partial charge in [-0.1, -0.05) is 6.92 Å². The molecule has 0 aromatic heterocycles. The quantitative estimate of drug-likeness (QED) is 0.684. The Balaban J connectivity index is 1.71. The Morgan fingerprint density at radius 1 is 1.12 bits per heavy atom. The predicted molar refractivity (Wildman–Crippen MR) is 62.2 cm³/mol. The summed E-state index contributed by atoms with van der Waals surface area (Å²) in [5.74, 6) is 0.869. The van der Waals surface area contributed by atoms with Crippen LogP contribution in [0.5, 0.6) is 0 Å². The molecule has 1 saturated carbocycles. The van der Waals surface area contributed by atoms with Crippen molar-refractivity contribution >= 4 is 0 Å². The van der Waals surface area contributed by atoms with Crippen LogP contribution in [0.25, 0.3) is 0 Å². The summed E-state index contributed by atoms with van der Waals surface area (Å²) in [4.78, 5) is 0. The number of hydrogen-bond acceptors (Lipinski definition) is 3. The van der Waals surface area contributed by atoms with Crippen LogP contribution in [-0.2, 0) is 9.47 Å². The SMILES string of the molecule is CC1CCC2(CC1)NCCC1(CCOC1)O2. The van der Waals surface area contributed by atoms with Crippen molar-refractivity contribution in [2.24, 2.45) is 5.92 Å². The van der Waals surface area contributed by atoms with E-state index in [0.717, 1.165) is 38.5 Å². The molecule has 16 heavy (non-hydrogen) atoms. The molecule has 2 heterocycles. The highest BCUT2D eigenvalue weighted by Crippen LogP contribution is 2.41. The van der Waals surface area contributed by atoms with Gasteiger partial charge in [-0.05, 0) is 38.0 Å². The van der Waals surface area contributed by atoms with Crippen LogP contribution >= 0.6 is 0 Å². The van der Waals surface area contributed by atoms with Crippen LogP contribution < -0.4 is 5.32 Å². The first kappa shape index (κ1) is 11.0. The molecule has 3 rings (SSSR count). The Morgan fingerprint density at radius 2 is 1.94 bits per heavy atom. The summed E-state index contributed by atoms with van der Waals surface area (Å²) in [6.45, 7) is 5.14. The zero-order chi connectivity index (χ0) is 11.1. The van der Waals surface area contributed by atoms with E-state index in [1.807, 2.05) is 0 Å². The van der Waals surface area contributed by atoms with Gasteiger partial charge in [0.2, 0.25) is 0 Å². The first-order valence-corrected chi connectivity index (χ1v) is 6.75. The highest BCUT2D eigenvalue weighted by Gasteiger charge is 2.48. The molecule has 0 bridgehead atoms. The van der Waals surface area contributed by atoms with Crippen molar-refractivity contribution in [2.45, 2.75) is 56.8 Å². The minimum atomic E-state index is -0.0154. The second kappa shape index (κ2) is 3.97. The van der Waals surface area contributed by atoms with Gasteiger partial charge in [0.15, 0.2) is 0 Å². The van der Waals surface area contributed by atoms with Gasteiger partial charge in [-0.2, -0.15) is 0 Å². The van der Waals surface area contributed by atoms with Gasteiger partial charge < -0.3 is 9.47 Å². The number of rotatable bonds is 0. The lowest BCUT2D eigenvalue weighted by Crippen LogP contribution is -2.61. The molecule has 3 fully saturated rings. The summed E-state index contributed by atoms with van der Waals surface area (Å²) in [5, 5.41) is 3.63. The summed E-state index contributed by atoms with van der Waals surface area (Å²) in [6.07, 6.45) is 7.15. The molecule has 2 aliphatic heterocycles. The van der Waals surface area contributed by atoms with Crippen molar-refractivity contribution in [3.05, 3.63) is 0 Å². The third kappa shape index (κ3) is 1.89. The summed E-state index contributed by atoms with van der Waals surface area (Å²) in [6, 6.07) is 0. The Kier molecular flexibility index (Phi) is 2.73. The largest absolute Gasteiger partial charge is 0.378 e. The van der Waals surface area contributed by atoms with E-state index in [-0.39, 0.29) is 11.3 Å². The molecule has 2 spiro atoms. The van der Waals surface area contributed by atoms with E-state index in [2.05, 4.69) is 12.2 Å². The fourth-order valence-corrected chi connectivity index (χ4v) is 3.39. The monoisotopic (exact) mass is 225 g/mol. The lowest BCUT2D eigenvalue weighted by Gasteiger charge is -2.49. The van der Waals surface area contributed by atoms with E-state index in [1.54, 1.807) is 0 Å². The lowest BCUT2D eigenvalue weighted by molar-refractivity contribution is -0.214. The Morgan fingerprint density at radius 3 is 2.62 bits per heavy atom. The molecule has 3 nitrogen and oxygen atoms in total. The van der Waals surface area contributed by atoms with Gasteiger partial charge in [0.1, 0.15) is 5.72 Å². The van der Waals surface area contributed by atoms with Crippen molar-refractivity contribution in [2.75, 3.05) is 19.8 Å². The molecule has 1 unspecified atom stereocenters. The smallest absolute Gasteiger partial charge is 0.120 e. The first-order chi connectivity index (χ1) is 7.72. The second-order valence-corrected chi connectivity index (χ2v) is 5.94. The van der Waals surface area contributed by atoms with Crippen molar-refractivity contribution in [1.82, 2.24) is 5.32 Å². The van der Waals surface area contributed by atoms with Gasteiger partial charge in [-0.25, -0.2) is 0 Å². The maximum absolute atomic E-state index is 6.48. The lowest BCUT2D eigenvalue weighted by atomic mass is 9.82. The van der Waals surface area contributed by atoms with Gasteiger partial charge in [0.05, 0.1) is 12.2 Å². The molecular formula is C13H23NO2. The molecular weight excluding hydrogens is 202 g/mol. The Labute approximate surface area is 97.9 Å². The van der Waals surface area contributed by atoms with Crippen LogP contribution in [-0.4, -0.2) is 31.1 Å². The number of nitrogens with one attached hydrogen (secondary N) is 1. The molecule has 0 amide bonds. The van der Waals surface area contributed by atoms with Crippen molar-refractivity contribution < 1.29 is 9.47 Å². The Hall–Kier alpha value is -0.120. The van der Waals surface area contributed by atoms with Crippen molar-refractivity contribution in [3.8, 4) is 0 Å². The minimum absolute atomic E-state index is 0.0154. The fraction of sp³-hybridized carbons (Fsp3) is 1.00. The maximum Gasteiger partial charge on any atom is 0.120 e. The van der Waals surface area contributed by atoms with Crippen LogP contribution in [0.4, 0.5) is 0 Å². The van der Waals surface area contributed by atoms with Crippen LogP contribution in [0.3, 0.4) is 0 Å². The highest BCUT2D eigenvalue weighted by atomic mass is 16.6. The van der Waals surface area contributed by atoms with Gasteiger partial charge >= 0.3 is 0 Å². The van der Waals surface area contributed by atoms with Crippen LogP contribution in [0.15, 0.2) is 0 Å². The molecule has 2 saturated heterocycles. The molecule has 0 aromatic carbocycles. The molecule has 92 valence electrons. The van der Waals surface area contributed by atoms with Gasteiger partial charge in [-0.15, -0.1) is 0 Å².